The maximum Gasteiger partial charge on any atom is 0.254 e. The van der Waals surface area contributed by atoms with Gasteiger partial charge in [-0.1, -0.05) is 0 Å². The van der Waals surface area contributed by atoms with Crippen LogP contribution < -0.4 is 4.90 Å². The summed E-state index contributed by atoms with van der Waals surface area (Å²) in [6.45, 7) is 8.10. The topological polar surface area (TPSA) is 85.1 Å². The largest absolute Gasteiger partial charge is 0.378 e. The molecule has 2 aromatic heterocycles. The molecule has 134 valence electrons. The third kappa shape index (κ3) is 2.93. The molecule has 9 nitrogen and oxygen atoms in total. The van der Waals surface area contributed by atoms with Crippen LogP contribution in [0.5, 0.6) is 0 Å². The van der Waals surface area contributed by atoms with E-state index in [1.807, 2.05) is 18.7 Å². The molecule has 2 aliphatic heterocycles. The number of nitrogens with zero attached hydrogens (tertiary/aromatic N) is 6. The lowest BCUT2D eigenvalue weighted by molar-refractivity contribution is -0.148. The molecule has 0 bridgehead atoms. The molecule has 4 rings (SSSR count). The van der Waals surface area contributed by atoms with Crippen molar-refractivity contribution >= 4 is 17.5 Å². The molecule has 2 aromatic rings. The molecule has 1 atom stereocenters. The number of hydrogen-bond donors (Lipinski definition) is 0. The third-order valence-corrected chi connectivity index (χ3v) is 4.84. The minimum absolute atomic E-state index is 0.0336. The van der Waals surface area contributed by atoms with Crippen LogP contribution in [-0.2, 0) is 14.3 Å². The first-order chi connectivity index (χ1) is 12.1. The van der Waals surface area contributed by atoms with E-state index in [-0.39, 0.29) is 5.91 Å². The molecule has 0 aliphatic carbocycles. The monoisotopic (exact) mass is 346 g/mol. The van der Waals surface area contributed by atoms with E-state index in [4.69, 9.17) is 9.47 Å². The minimum Gasteiger partial charge on any atom is -0.378 e. The Hall–Kier alpha value is -2.26. The molecular weight excluding hydrogens is 324 g/mol. The van der Waals surface area contributed by atoms with E-state index in [1.165, 1.54) is 6.33 Å². The predicted octanol–water partition coefficient (Wildman–Crippen LogP) is -0.195. The quantitative estimate of drug-likeness (QED) is 0.745. The van der Waals surface area contributed by atoms with Crippen molar-refractivity contribution in [3.8, 4) is 0 Å². The van der Waals surface area contributed by atoms with Gasteiger partial charge in [0.1, 0.15) is 12.1 Å². The number of morpholine rings is 2. The predicted molar refractivity (Wildman–Crippen MR) is 89.6 cm³/mol. The van der Waals surface area contributed by atoms with Gasteiger partial charge in [-0.05, 0) is 13.8 Å². The van der Waals surface area contributed by atoms with Crippen molar-refractivity contribution in [1.82, 2.24) is 24.5 Å². The average Bonchev–Trinajstić information content (AvgIpc) is 3.10. The second-order valence-corrected chi connectivity index (χ2v) is 6.36. The van der Waals surface area contributed by atoms with Crippen LogP contribution >= 0.6 is 0 Å². The number of amides is 1. The van der Waals surface area contributed by atoms with Crippen molar-refractivity contribution in [2.24, 2.45) is 0 Å². The van der Waals surface area contributed by atoms with Gasteiger partial charge in [-0.15, -0.1) is 0 Å². The highest BCUT2D eigenvalue weighted by Crippen LogP contribution is 2.24. The van der Waals surface area contributed by atoms with Gasteiger partial charge in [0.15, 0.2) is 6.10 Å². The van der Waals surface area contributed by atoms with Crippen LogP contribution in [0, 0.1) is 13.8 Å². The summed E-state index contributed by atoms with van der Waals surface area (Å²) >= 11 is 0. The molecule has 0 saturated carbocycles. The van der Waals surface area contributed by atoms with Gasteiger partial charge in [-0.3, -0.25) is 4.79 Å². The number of hydrogen-bond acceptors (Lipinski definition) is 7. The Morgan fingerprint density at radius 2 is 2.00 bits per heavy atom. The lowest BCUT2D eigenvalue weighted by Crippen LogP contribution is -2.53. The van der Waals surface area contributed by atoms with Crippen LogP contribution in [0.3, 0.4) is 0 Å². The van der Waals surface area contributed by atoms with Crippen molar-refractivity contribution in [1.29, 1.82) is 0 Å². The van der Waals surface area contributed by atoms with Gasteiger partial charge < -0.3 is 19.3 Å². The van der Waals surface area contributed by atoms with Crippen molar-refractivity contribution in [3.05, 3.63) is 17.6 Å². The summed E-state index contributed by atoms with van der Waals surface area (Å²) in [5, 5.41) is 4.30. The molecule has 0 N–H and O–H groups in total. The number of aromatic nitrogens is 4. The summed E-state index contributed by atoms with van der Waals surface area (Å²) in [4.78, 5) is 25.4. The highest BCUT2D eigenvalue weighted by molar-refractivity contribution is 5.82. The molecule has 2 fully saturated rings. The number of ether oxygens (including phenoxy) is 2. The fourth-order valence-corrected chi connectivity index (χ4v) is 3.37. The Labute approximate surface area is 145 Å². The molecule has 1 amide bonds. The summed E-state index contributed by atoms with van der Waals surface area (Å²) in [5.41, 5.74) is 1.95. The number of anilines is 1. The Balaban J connectivity index is 1.60. The SMILES string of the molecule is Cc1nc2ncnn2c(N2CCOC(C(=O)N3CCOCC3)C2)c1C. The molecule has 9 heteroatoms. The smallest absolute Gasteiger partial charge is 0.254 e. The zero-order valence-corrected chi connectivity index (χ0v) is 14.5. The molecule has 0 radical (unpaired) electrons. The molecular formula is C16H22N6O3. The summed E-state index contributed by atoms with van der Waals surface area (Å²) in [5.74, 6) is 1.54. The van der Waals surface area contributed by atoms with Crippen LogP contribution in [0.15, 0.2) is 6.33 Å². The third-order valence-electron chi connectivity index (χ3n) is 4.84. The molecule has 0 spiro atoms. The first kappa shape index (κ1) is 16.2. The first-order valence-corrected chi connectivity index (χ1v) is 8.55. The van der Waals surface area contributed by atoms with Gasteiger partial charge in [-0.2, -0.15) is 14.6 Å². The van der Waals surface area contributed by atoms with Gasteiger partial charge in [0.2, 0.25) is 0 Å². The molecule has 2 aliphatic rings. The molecule has 25 heavy (non-hydrogen) atoms. The number of carbonyl (C=O) groups excluding carboxylic acids is 1. The Morgan fingerprint density at radius 3 is 2.80 bits per heavy atom. The van der Waals surface area contributed by atoms with Crippen molar-refractivity contribution < 1.29 is 14.3 Å². The van der Waals surface area contributed by atoms with E-state index in [0.717, 1.165) is 17.1 Å². The number of fused-ring (bicyclic) bond motifs is 1. The molecule has 1 unspecified atom stereocenters. The summed E-state index contributed by atoms with van der Waals surface area (Å²) < 4.78 is 12.8. The zero-order chi connectivity index (χ0) is 17.4. The second kappa shape index (κ2) is 6.57. The number of carbonyl (C=O) groups is 1. The van der Waals surface area contributed by atoms with Gasteiger partial charge in [0, 0.05) is 30.9 Å². The van der Waals surface area contributed by atoms with Gasteiger partial charge in [0.05, 0.1) is 26.4 Å². The van der Waals surface area contributed by atoms with E-state index >= 15 is 0 Å². The van der Waals surface area contributed by atoms with Crippen LogP contribution in [0.4, 0.5) is 5.82 Å². The van der Waals surface area contributed by atoms with Crippen LogP contribution in [0.25, 0.3) is 5.78 Å². The van der Waals surface area contributed by atoms with Crippen molar-refractivity contribution in [3.63, 3.8) is 0 Å². The van der Waals surface area contributed by atoms with E-state index < -0.39 is 6.10 Å². The van der Waals surface area contributed by atoms with Crippen LogP contribution in [-0.4, -0.2) is 82.5 Å². The normalized spacial score (nSPS) is 21.8. The van der Waals surface area contributed by atoms with Crippen LogP contribution in [0.1, 0.15) is 11.3 Å². The molecule has 2 saturated heterocycles. The standard InChI is InChI=1S/C16H22N6O3/c1-11-12(2)19-16-17-10-18-22(16)14(11)21-5-8-25-13(9-21)15(23)20-3-6-24-7-4-20/h10,13H,3-9H2,1-2H3. The zero-order valence-electron chi connectivity index (χ0n) is 14.5. The highest BCUT2D eigenvalue weighted by atomic mass is 16.5. The van der Waals surface area contributed by atoms with Crippen molar-refractivity contribution in [2.45, 2.75) is 20.0 Å². The van der Waals surface area contributed by atoms with Crippen LogP contribution in [0.2, 0.25) is 0 Å². The first-order valence-electron chi connectivity index (χ1n) is 8.55. The fourth-order valence-electron chi connectivity index (χ4n) is 3.37. The van der Waals surface area contributed by atoms with Gasteiger partial charge in [0.25, 0.3) is 11.7 Å². The van der Waals surface area contributed by atoms with E-state index in [0.29, 0.717) is 51.8 Å². The lowest BCUT2D eigenvalue weighted by Gasteiger charge is -2.37. The average molecular weight is 346 g/mol. The van der Waals surface area contributed by atoms with E-state index in [9.17, 15) is 4.79 Å². The number of rotatable bonds is 2. The maximum absolute atomic E-state index is 12.8. The summed E-state index contributed by atoms with van der Waals surface area (Å²) in [6.07, 6.45) is 1.03. The fraction of sp³-hybridized carbons (Fsp3) is 0.625. The van der Waals surface area contributed by atoms with E-state index in [2.05, 4.69) is 20.0 Å². The summed E-state index contributed by atoms with van der Waals surface area (Å²) in [7, 11) is 0. The Bertz CT molecular complexity index is 786. The molecule has 0 aromatic carbocycles. The summed E-state index contributed by atoms with van der Waals surface area (Å²) in [6, 6.07) is 0. The Kier molecular flexibility index (Phi) is 4.26. The minimum atomic E-state index is -0.474. The van der Waals surface area contributed by atoms with Gasteiger partial charge in [-0.25, -0.2) is 4.98 Å². The lowest BCUT2D eigenvalue weighted by atomic mass is 10.2. The van der Waals surface area contributed by atoms with Gasteiger partial charge >= 0.3 is 0 Å². The van der Waals surface area contributed by atoms with Crippen molar-refractivity contribution in [2.75, 3.05) is 50.9 Å². The maximum atomic E-state index is 12.8. The second-order valence-electron chi connectivity index (χ2n) is 6.36. The van der Waals surface area contributed by atoms with E-state index in [1.54, 1.807) is 4.52 Å². The highest BCUT2D eigenvalue weighted by Gasteiger charge is 2.32. The number of aryl methyl sites for hydroxylation is 1. The Morgan fingerprint density at radius 1 is 1.20 bits per heavy atom. The molecule has 4 heterocycles.